The van der Waals surface area contributed by atoms with Gasteiger partial charge in [0, 0.05) is 19.5 Å². The number of hydrogen-bond donors (Lipinski definition) is 2. The van der Waals surface area contributed by atoms with Crippen LogP contribution < -0.4 is 10.6 Å². The van der Waals surface area contributed by atoms with Crippen molar-refractivity contribution in [3.05, 3.63) is 0 Å². The van der Waals surface area contributed by atoms with E-state index in [4.69, 9.17) is 0 Å². The fourth-order valence-electron chi connectivity index (χ4n) is 1.18. The van der Waals surface area contributed by atoms with Crippen LogP contribution in [0.15, 0.2) is 0 Å². The molecule has 17 heavy (non-hydrogen) atoms. The molecule has 3 nitrogen and oxygen atoms in total. The van der Waals surface area contributed by atoms with Gasteiger partial charge >= 0.3 is 0 Å². The van der Waals surface area contributed by atoms with Gasteiger partial charge in [-0.1, -0.05) is 22.4 Å². The van der Waals surface area contributed by atoms with Crippen molar-refractivity contribution in [2.45, 2.75) is 39.0 Å². The van der Waals surface area contributed by atoms with Crippen molar-refractivity contribution >= 4 is 14.4 Å². The first-order chi connectivity index (χ1) is 8.04. The summed E-state index contributed by atoms with van der Waals surface area (Å²) in [6.07, 6.45) is 1.36. The Balaban J connectivity index is 0. The van der Waals surface area contributed by atoms with Crippen molar-refractivity contribution in [1.29, 1.82) is 0 Å². The lowest BCUT2D eigenvalue weighted by Crippen LogP contribution is -2.19. The predicted molar refractivity (Wildman–Crippen MR) is 76.1 cm³/mol. The monoisotopic (exact) mass is 266 g/mol. The average Bonchev–Trinajstić information content (AvgIpc) is 2.78. The van der Waals surface area contributed by atoms with Crippen molar-refractivity contribution in [3.63, 3.8) is 0 Å². The summed E-state index contributed by atoms with van der Waals surface area (Å²) < 4.78 is 13.0. The number of carbonyl (C=O) groups excluding carboxylic acids is 1. The van der Waals surface area contributed by atoms with E-state index in [1.807, 2.05) is 27.6 Å². The second kappa shape index (κ2) is 12.4. The summed E-state index contributed by atoms with van der Waals surface area (Å²) >= 11 is 0. The molecule has 1 aliphatic rings. The maximum atomic E-state index is 13.0. The van der Waals surface area contributed by atoms with Gasteiger partial charge in [-0.25, -0.2) is 4.39 Å². The molecule has 0 saturated carbocycles. The molecule has 0 amide bonds. The first kappa shape index (κ1) is 19.3. The summed E-state index contributed by atoms with van der Waals surface area (Å²) in [5, 5.41) is 5.03. The zero-order chi connectivity index (χ0) is 13.7. The fourth-order valence-corrected chi connectivity index (χ4v) is 1.85. The first-order valence-electron chi connectivity index (χ1n) is 6.26. The fraction of sp³-hybridized carbons (Fsp3) is 0.917. The normalized spacial score (nSPS) is 22.7. The highest BCUT2D eigenvalue weighted by Gasteiger charge is 2.30. The third-order valence-corrected chi connectivity index (χ3v) is 3.60. The van der Waals surface area contributed by atoms with Crippen LogP contribution in [0.25, 0.3) is 0 Å². The van der Waals surface area contributed by atoms with Gasteiger partial charge in [0.15, 0.2) is 0 Å². The van der Waals surface area contributed by atoms with Crippen LogP contribution >= 0.6 is 8.58 Å². The highest BCUT2D eigenvalue weighted by atomic mass is 31.1. The van der Waals surface area contributed by atoms with Crippen molar-refractivity contribution in [2.24, 2.45) is 0 Å². The Bertz CT molecular complexity index is 185. The van der Waals surface area contributed by atoms with Crippen LogP contribution in [-0.2, 0) is 4.79 Å². The third kappa shape index (κ3) is 12.2. The Labute approximate surface area is 107 Å². The van der Waals surface area contributed by atoms with Crippen LogP contribution in [0, 0.1) is 0 Å². The van der Waals surface area contributed by atoms with Crippen LogP contribution in [-0.4, -0.2) is 44.5 Å². The summed E-state index contributed by atoms with van der Waals surface area (Å²) in [6, 6.07) is 0. The van der Waals surface area contributed by atoms with E-state index >= 15 is 0 Å². The van der Waals surface area contributed by atoms with Crippen LogP contribution in [0.5, 0.6) is 0 Å². The van der Waals surface area contributed by atoms with E-state index in [0.29, 0.717) is 28.0 Å². The minimum atomic E-state index is -0.847. The number of carbonyl (C=O) groups is 1. The lowest BCUT2D eigenvalue weighted by atomic mass is 10.3. The van der Waals surface area contributed by atoms with Gasteiger partial charge in [0.25, 0.3) is 0 Å². The maximum absolute atomic E-state index is 13.0. The number of hydrogen-bond acceptors (Lipinski definition) is 3. The van der Waals surface area contributed by atoms with Gasteiger partial charge in [-0.3, -0.25) is 4.79 Å². The van der Waals surface area contributed by atoms with Gasteiger partial charge < -0.3 is 10.6 Å². The molecule has 0 radical (unpaired) electrons. The van der Waals surface area contributed by atoms with Gasteiger partial charge in [-0.15, -0.1) is 0 Å². The van der Waals surface area contributed by atoms with E-state index in [2.05, 4.69) is 10.6 Å². The van der Waals surface area contributed by atoms with Gasteiger partial charge in [-0.2, -0.15) is 0 Å². The number of halogens is 1. The smallest absolute Gasteiger partial charge is 0.139 e. The van der Waals surface area contributed by atoms with Crippen molar-refractivity contribution in [3.8, 4) is 0 Å². The third-order valence-electron chi connectivity index (χ3n) is 2.28. The molecule has 104 valence electrons. The average molecular weight is 266 g/mol. The second-order valence-electron chi connectivity index (χ2n) is 3.70. The standard InChI is InChI=1S/C5H11FNP.C5H11NO.C2H6/c1-8-5(6)2-3-7-4-5;1-5(7)3-4-6-2;1-2/h7-8H,2-4H2,1H3;6H,3-4H2,1-2H3;1-2H3. The predicted octanol–water partition coefficient (Wildman–Crippen LogP) is 2.16. The van der Waals surface area contributed by atoms with Gasteiger partial charge in [0.1, 0.15) is 11.2 Å². The highest BCUT2D eigenvalue weighted by molar-refractivity contribution is 7.38. The number of alkyl halides is 1. The number of Topliss-reactive ketones (excluding diaryl/α,β-unsaturated/α-hetero) is 1. The zero-order valence-corrected chi connectivity index (χ0v) is 12.8. The van der Waals surface area contributed by atoms with E-state index in [-0.39, 0.29) is 5.78 Å². The lowest BCUT2D eigenvalue weighted by Gasteiger charge is -2.13. The Morgan fingerprint density at radius 1 is 1.53 bits per heavy atom. The van der Waals surface area contributed by atoms with Crippen LogP contribution in [0.4, 0.5) is 4.39 Å². The first-order valence-corrected chi connectivity index (χ1v) is 7.76. The molecule has 0 aromatic heterocycles. The molecular weight excluding hydrogens is 238 g/mol. The molecule has 2 atom stereocenters. The number of rotatable bonds is 4. The quantitative estimate of drug-likeness (QED) is 0.766. The zero-order valence-electron chi connectivity index (χ0n) is 11.8. The van der Waals surface area contributed by atoms with Crippen molar-refractivity contribution in [1.82, 2.24) is 10.6 Å². The van der Waals surface area contributed by atoms with Gasteiger partial charge in [0.2, 0.25) is 0 Å². The molecule has 1 saturated heterocycles. The molecule has 0 bridgehead atoms. The maximum Gasteiger partial charge on any atom is 0.139 e. The van der Waals surface area contributed by atoms with E-state index in [1.165, 1.54) is 0 Å². The summed E-state index contributed by atoms with van der Waals surface area (Å²) in [5.74, 6) is 0.245. The Kier molecular flexibility index (Phi) is 14.1. The molecule has 0 aromatic carbocycles. The lowest BCUT2D eigenvalue weighted by molar-refractivity contribution is -0.116. The molecule has 1 rings (SSSR count). The van der Waals surface area contributed by atoms with E-state index in [0.717, 1.165) is 13.1 Å². The number of ketones is 1. The van der Waals surface area contributed by atoms with Gasteiger partial charge in [-0.05, 0) is 33.6 Å². The molecule has 0 spiro atoms. The molecule has 5 heteroatoms. The summed E-state index contributed by atoms with van der Waals surface area (Å²) in [7, 11) is 2.27. The molecule has 1 aliphatic heterocycles. The van der Waals surface area contributed by atoms with E-state index in [9.17, 15) is 9.18 Å². The Morgan fingerprint density at radius 2 is 2.12 bits per heavy atom. The van der Waals surface area contributed by atoms with Crippen molar-refractivity contribution < 1.29 is 9.18 Å². The SMILES string of the molecule is CC.CNCCC(C)=O.CPC1(F)CCNC1. The van der Waals surface area contributed by atoms with E-state index < -0.39 is 5.41 Å². The minimum Gasteiger partial charge on any atom is -0.319 e. The molecular formula is C12H28FN2OP. The Morgan fingerprint density at radius 3 is 2.29 bits per heavy atom. The molecule has 1 heterocycles. The topological polar surface area (TPSA) is 41.1 Å². The summed E-state index contributed by atoms with van der Waals surface area (Å²) in [4.78, 5) is 10.2. The van der Waals surface area contributed by atoms with Gasteiger partial charge in [0.05, 0.1) is 0 Å². The largest absolute Gasteiger partial charge is 0.319 e. The highest BCUT2D eigenvalue weighted by Crippen LogP contribution is 2.35. The molecule has 2 unspecified atom stereocenters. The molecule has 0 aliphatic carbocycles. The summed E-state index contributed by atoms with van der Waals surface area (Å²) in [6.45, 7) is 9.75. The second-order valence-corrected chi connectivity index (χ2v) is 5.09. The minimum absolute atomic E-state index is 0.245. The Hall–Kier alpha value is -0.0500. The molecule has 2 N–H and O–H groups in total. The molecule has 1 fully saturated rings. The van der Waals surface area contributed by atoms with Crippen LogP contribution in [0.1, 0.15) is 33.6 Å². The van der Waals surface area contributed by atoms with E-state index in [1.54, 1.807) is 6.92 Å². The summed E-state index contributed by atoms with van der Waals surface area (Å²) in [5.41, 5.74) is 0. The molecule has 0 aromatic rings. The van der Waals surface area contributed by atoms with Crippen LogP contribution in [0.3, 0.4) is 0 Å². The van der Waals surface area contributed by atoms with Crippen LogP contribution in [0.2, 0.25) is 0 Å². The number of nitrogens with one attached hydrogen (secondary N) is 2. The van der Waals surface area contributed by atoms with Crippen molar-refractivity contribution in [2.75, 3.05) is 33.3 Å².